The summed E-state index contributed by atoms with van der Waals surface area (Å²) in [5, 5.41) is 2.98. The molecule has 0 saturated carbocycles. The van der Waals surface area contributed by atoms with Gasteiger partial charge in [-0.1, -0.05) is 44.2 Å². The first kappa shape index (κ1) is 17.2. The van der Waals surface area contributed by atoms with E-state index in [1.807, 2.05) is 37.3 Å². The highest BCUT2D eigenvalue weighted by atomic mass is 16.2. The van der Waals surface area contributed by atoms with Crippen LogP contribution in [-0.4, -0.2) is 11.8 Å². The molecule has 2 amide bonds. The highest BCUT2D eigenvalue weighted by molar-refractivity contribution is 5.78. The first-order valence-corrected chi connectivity index (χ1v) is 7.51. The Bertz CT molecular complexity index is 457. The van der Waals surface area contributed by atoms with Crippen LogP contribution in [0.15, 0.2) is 30.3 Å². The monoisotopic (exact) mass is 290 g/mol. The van der Waals surface area contributed by atoms with Gasteiger partial charge >= 0.3 is 0 Å². The topological polar surface area (TPSA) is 72.2 Å². The van der Waals surface area contributed by atoms with Crippen molar-refractivity contribution in [1.29, 1.82) is 0 Å². The molecule has 0 spiro atoms. The van der Waals surface area contributed by atoms with Crippen LogP contribution in [0.25, 0.3) is 0 Å². The van der Waals surface area contributed by atoms with Gasteiger partial charge < -0.3 is 11.1 Å². The summed E-state index contributed by atoms with van der Waals surface area (Å²) < 4.78 is 0. The second-order valence-corrected chi connectivity index (χ2v) is 6.07. The van der Waals surface area contributed by atoms with Gasteiger partial charge in [0.25, 0.3) is 0 Å². The van der Waals surface area contributed by atoms with Gasteiger partial charge in [-0.05, 0) is 30.7 Å². The minimum atomic E-state index is -0.343. The maximum atomic E-state index is 12.1. The summed E-state index contributed by atoms with van der Waals surface area (Å²) >= 11 is 0. The number of amides is 2. The maximum absolute atomic E-state index is 12.1. The average molecular weight is 290 g/mol. The van der Waals surface area contributed by atoms with E-state index < -0.39 is 0 Å². The van der Waals surface area contributed by atoms with Gasteiger partial charge in [0.05, 0.1) is 6.04 Å². The van der Waals surface area contributed by atoms with Crippen LogP contribution in [0.1, 0.15) is 51.6 Å². The predicted molar refractivity (Wildman–Crippen MR) is 84.4 cm³/mol. The number of nitrogens with two attached hydrogens (primary N) is 1. The fraction of sp³-hybridized carbons (Fsp3) is 0.529. The molecule has 1 aromatic rings. The van der Waals surface area contributed by atoms with Crippen LogP contribution in [0.4, 0.5) is 0 Å². The maximum Gasteiger partial charge on any atom is 0.220 e. The van der Waals surface area contributed by atoms with Crippen molar-refractivity contribution < 1.29 is 9.59 Å². The molecule has 0 aliphatic carbocycles. The van der Waals surface area contributed by atoms with Crippen molar-refractivity contribution >= 4 is 11.8 Å². The lowest BCUT2D eigenvalue weighted by molar-refractivity contribution is -0.123. The summed E-state index contributed by atoms with van der Waals surface area (Å²) in [5.41, 5.74) is 6.34. The lowest BCUT2D eigenvalue weighted by atomic mass is 9.90. The molecule has 0 saturated heterocycles. The van der Waals surface area contributed by atoms with Gasteiger partial charge in [0.1, 0.15) is 0 Å². The standard InChI is InChI=1S/C17H26N2O2/c1-12(2)9-14(10-16(18)20)11-17(21)19-13(3)15-7-5-4-6-8-15/h4-8,12-14H,9-11H2,1-3H3,(H2,18,20)(H,19,21)/t13-,14-/m1/s1. The molecular formula is C17H26N2O2. The van der Waals surface area contributed by atoms with Crippen LogP contribution in [0.3, 0.4) is 0 Å². The molecule has 4 heteroatoms. The van der Waals surface area contributed by atoms with E-state index in [0.717, 1.165) is 12.0 Å². The zero-order valence-electron chi connectivity index (χ0n) is 13.1. The van der Waals surface area contributed by atoms with E-state index in [0.29, 0.717) is 12.3 Å². The molecule has 1 aromatic carbocycles. The van der Waals surface area contributed by atoms with E-state index in [4.69, 9.17) is 5.73 Å². The molecule has 1 rings (SSSR count). The predicted octanol–water partition coefficient (Wildman–Crippen LogP) is 2.79. The van der Waals surface area contributed by atoms with Gasteiger partial charge in [-0.2, -0.15) is 0 Å². The number of hydrogen-bond donors (Lipinski definition) is 2. The van der Waals surface area contributed by atoms with Crippen LogP contribution >= 0.6 is 0 Å². The number of rotatable bonds is 8. The van der Waals surface area contributed by atoms with Crippen LogP contribution in [-0.2, 0) is 9.59 Å². The zero-order valence-corrected chi connectivity index (χ0v) is 13.1. The Morgan fingerprint density at radius 1 is 1.10 bits per heavy atom. The third kappa shape index (κ3) is 6.93. The van der Waals surface area contributed by atoms with Crippen LogP contribution in [0, 0.1) is 11.8 Å². The van der Waals surface area contributed by atoms with E-state index in [1.165, 1.54) is 0 Å². The number of carbonyl (C=O) groups is 2. The molecule has 0 bridgehead atoms. The van der Waals surface area contributed by atoms with Gasteiger partial charge in [-0.15, -0.1) is 0 Å². The van der Waals surface area contributed by atoms with Gasteiger partial charge in [0.15, 0.2) is 0 Å². The highest BCUT2D eigenvalue weighted by Crippen LogP contribution is 2.20. The highest BCUT2D eigenvalue weighted by Gasteiger charge is 2.19. The number of primary amides is 1. The minimum absolute atomic E-state index is 0.0190. The molecule has 2 atom stereocenters. The van der Waals surface area contributed by atoms with Gasteiger partial charge in [-0.3, -0.25) is 9.59 Å². The second-order valence-electron chi connectivity index (χ2n) is 6.07. The van der Waals surface area contributed by atoms with Crippen LogP contribution < -0.4 is 11.1 Å². The molecule has 0 unspecified atom stereocenters. The van der Waals surface area contributed by atoms with Crippen molar-refractivity contribution in [2.24, 2.45) is 17.6 Å². The van der Waals surface area contributed by atoms with E-state index in [2.05, 4.69) is 19.2 Å². The van der Waals surface area contributed by atoms with E-state index in [1.54, 1.807) is 0 Å². The molecule has 116 valence electrons. The van der Waals surface area contributed by atoms with Crippen molar-refractivity contribution in [1.82, 2.24) is 5.32 Å². The summed E-state index contributed by atoms with van der Waals surface area (Å²) in [5.74, 6) is 0.0852. The lowest BCUT2D eigenvalue weighted by Gasteiger charge is -2.19. The quantitative estimate of drug-likeness (QED) is 0.772. The molecule has 4 nitrogen and oxygen atoms in total. The third-order valence-electron chi connectivity index (χ3n) is 3.45. The largest absolute Gasteiger partial charge is 0.370 e. The van der Waals surface area contributed by atoms with Crippen LogP contribution in [0.2, 0.25) is 0 Å². The minimum Gasteiger partial charge on any atom is -0.370 e. The Morgan fingerprint density at radius 2 is 1.71 bits per heavy atom. The van der Waals surface area contributed by atoms with E-state index >= 15 is 0 Å². The number of benzene rings is 1. The summed E-state index contributed by atoms with van der Waals surface area (Å²) in [6.07, 6.45) is 1.44. The Balaban J connectivity index is 2.55. The number of hydrogen-bond acceptors (Lipinski definition) is 2. The van der Waals surface area contributed by atoms with Crippen molar-refractivity contribution in [3.8, 4) is 0 Å². The lowest BCUT2D eigenvalue weighted by Crippen LogP contribution is -2.30. The third-order valence-corrected chi connectivity index (χ3v) is 3.45. The van der Waals surface area contributed by atoms with E-state index in [-0.39, 0.29) is 30.2 Å². The fourth-order valence-corrected chi connectivity index (χ4v) is 2.58. The molecule has 0 fully saturated rings. The van der Waals surface area contributed by atoms with Gasteiger partial charge in [0, 0.05) is 12.8 Å². The zero-order chi connectivity index (χ0) is 15.8. The molecule has 21 heavy (non-hydrogen) atoms. The number of carbonyl (C=O) groups excluding carboxylic acids is 2. The second kappa shape index (κ2) is 8.45. The molecule has 0 radical (unpaired) electrons. The summed E-state index contributed by atoms with van der Waals surface area (Å²) in [7, 11) is 0. The first-order chi connectivity index (χ1) is 9.88. The van der Waals surface area contributed by atoms with Gasteiger partial charge in [0.2, 0.25) is 11.8 Å². The smallest absolute Gasteiger partial charge is 0.220 e. The van der Waals surface area contributed by atoms with Crippen molar-refractivity contribution in [2.75, 3.05) is 0 Å². The summed E-state index contributed by atoms with van der Waals surface area (Å²) in [4.78, 5) is 23.2. The molecule has 0 aliphatic rings. The van der Waals surface area contributed by atoms with Crippen molar-refractivity contribution in [2.45, 2.75) is 46.1 Å². The average Bonchev–Trinajstić information content (AvgIpc) is 2.37. The molecule has 0 heterocycles. The fourth-order valence-electron chi connectivity index (χ4n) is 2.58. The van der Waals surface area contributed by atoms with E-state index in [9.17, 15) is 9.59 Å². The van der Waals surface area contributed by atoms with Crippen molar-refractivity contribution in [3.63, 3.8) is 0 Å². The molecule has 0 aromatic heterocycles. The summed E-state index contributed by atoms with van der Waals surface area (Å²) in [6, 6.07) is 9.79. The Kier molecular flexibility index (Phi) is 6.92. The Hall–Kier alpha value is -1.84. The first-order valence-electron chi connectivity index (χ1n) is 7.51. The molecular weight excluding hydrogens is 264 g/mol. The van der Waals surface area contributed by atoms with Crippen LogP contribution in [0.5, 0.6) is 0 Å². The molecule has 3 N–H and O–H groups in total. The SMILES string of the molecule is CC(C)C[C@H](CC(N)=O)CC(=O)N[C@H](C)c1ccccc1. The molecule has 0 aliphatic heterocycles. The van der Waals surface area contributed by atoms with Gasteiger partial charge in [-0.25, -0.2) is 0 Å². The number of nitrogens with one attached hydrogen (secondary N) is 1. The summed E-state index contributed by atoms with van der Waals surface area (Å²) in [6.45, 7) is 6.12. The Labute approximate surface area is 127 Å². The normalized spacial score (nSPS) is 13.7. The Morgan fingerprint density at radius 3 is 2.24 bits per heavy atom. The van der Waals surface area contributed by atoms with Crippen molar-refractivity contribution in [3.05, 3.63) is 35.9 Å².